The minimum atomic E-state index is -1.95. The lowest BCUT2D eigenvalue weighted by Gasteiger charge is -2.14. The van der Waals surface area contributed by atoms with Crippen LogP contribution >= 0.6 is 34.8 Å². The molecule has 0 saturated carbocycles. The molecule has 0 heterocycles. The smallest absolute Gasteiger partial charge is 0.358 e. The maximum Gasteiger partial charge on any atom is 0.358 e. The van der Waals surface area contributed by atoms with Crippen molar-refractivity contribution in [3.05, 3.63) is 0 Å². The van der Waals surface area contributed by atoms with E-state index in [1.807, 2.05) is 6.92 Å². The van der Waals surface area contributed by atoms with Gasteiger partial charge in [-0.15, -0.1) is 0 Å². The summed E-state index contributed by atoms with van der Waals surface area (Å²) in [6.07, 6.45) is 0.491. The molecule has 0 saturated heterocycles. The number of hydrogen-bond donors (Lipinski definition) is 0. The third-order valence-electron chi connectivity index (χ3n) is 1.11. The number of esters is 1. The first-order chi connectivity index (χ1) is 4.88. The Morgan fingerprint density at radius 1 is 1.55 bits per heavy atom. The minimum Gasteiger partial charge on any atom is -0.460 e. The van der Waals surface area contributed by atoms with Crippen LogP contribution < -0.4 is 0 Å². The molecule has 0 rings (SSSR count). The van der Waals surface area contributed by atoms with Gasteiger partial charge >= 0.3 is 5.97 Å². The monoisotopic (exact) mass is 218 g/mol. The fraction of sp³-hybridized carbons (Fsp3) is 0.833. The van der Waals surface area contributed by atoms with Crippen molar-refractivity contribution in [1.29, 1.82) is 0 Å². The number of rotatable bonds is 2. The van der Waals surface area contributed by atoms with Crippen molar-refractivity contribution < 1.29 is 9.53 Å². The predicted octanol–water partition coefficient (Wildman–Crippen LogP) is 2.70. The number of hydrogen-bond acceptors (Lipinski definition) is 2. The fourth-order valence-electron chi connectivity index (χ4n) is 0.333. The van der Waals surface area contributed by atoms with Crippen molar-refractivity contribution in [2.24, 2.45) is 0 Å². The molecular weight excluding hydrogens is 210 g/mol. The second-order valence-electron chi connectivity index (χ2n) is 2.12. The lowest BCUT2D eigenvalue weighted by molar-refractivity contribution is -0.147. The molecular formula is C6H9Cl3O2. The van der Waals surface area contributed by atoms with Gasteiger partial charge in [0.25, 0.3) is 3.79 Å². The SMILES string of the molecule is CC[C@@H](C)OC(=O)C(Cl)(Cl)Cl. The van der Waals surface area contributed by atoms with Gasteiger partial charge in [-0.25, -0.2) is 4.79 Å². The second-order valence-corrected chi connectivity index (χ2v) is 4.40. The molecule has 0 amide bonds. The van der Waals surface area contributed by atoms with Gasteiger partial charge in [0.1, 0.15) is 0 Å². The Bertz CT molecular complexity index is 141. The quantitative estimate of drug-likeness (QED) is 0.527. The Morgan fingerprint density at radius 3 is 2.27 bits per heavy atom. The molecule has 5 heteroatoms. The van der Waals surface area contributed by atoms with Gasteiger partial charge in [-0.1, -0.05) is 41.7 Å². The fourth-order valence-corrected chi connectivity index (χ4v) is 0.467. The van der Waals surface area contributed by atoms with Crippen LogP contribution in [0.2, 0.25) is 0 Å². The van der Waals surface area contributed by atoms with E-state index in [4.69, 9.17) is 39.5 Å². The Labute approximate surface area is 80.7 Å². The van der Waals surface area contributed by atoms with Crippen molar-refractivity contribution in [1.82, 2.24) is 0 Å². The molecule has 0 aromatic carbocycles. The topological polar surface area (TPSA) is 26.3 Å². The summed E-state index contributed by atoms with van der Waals surface area (Å²) in [6, 6.07) is 0. The maximum atomic E-state index is 10.8. The molecule has 0 aliphatic carbocycles. The first-order valence-electron chi connectivity index (χ1n) is 3.15. The largest absolute Gasteiger partial charge is 0.460 e. The summed E-state index contributed by atoms with van der Waals surface area (Å²) >= 11 is 15.7. The van der Waals surface area contributed by atoms with Gasteiger partial charge in [-0.05, 0) is 13.3 Å². The highest BCUT2D eigenvalue weighted by Gasteiger charge is 2.33. The van der Waals surface area contributed by atoms with Crippen LogP contribution in [-0.4, -0.2) is 15.9 Å². The van der Waals surface area contributed by atoms with E-state index >= 15 is 0 Å². The highest BCUT2D eigenvalue weighted by Crippen LogP contribution is 2.28. The van der Waals surface area contributed by atoms with Gasteiger partial charge in [-0.3, -0.25) is 0 Å². The van der Waals surface area contributed by atoms with Gasteiger partial charge < -0.3 is 4.74 Å². The third-order valence-corrected chi connectivity index (χ3v) is 1.58. The Morgan fingerprint density at radius 2 is 2.00 bits per heavy atom. The van der Waals surface area contributed by atoms with E-state index in [0.717, 1.165) is 0 Å². The van der Waals surface area contributed by atoms with Crippen LogP contribution in [0.4, 0.5) is 0 Å². The molecule has 0 bridgehead atoms. The molecule has 2 nitrogen and oxygen atoms in total. The molecule has 0 spiro atoms. The van der Waals surface area contributed by atoms with Gasteiger partial charge in [0.2, 0.25) is 0 Å². The average molecular weight is 219 g/mol. The number of alkyl halides is 3. The molecule has 0 aliphatic rings. The summed E-state index contributed by atoms with van der Waals surface area (Å²) < 4.78 is 2.77. The summed E-state index contributed by atoms with van der Waals surface area (Å²) in [6.45, 7) is 3.60. The predicted molar refractivity (Wildman–Crippen MR) is 46.1 cm³/mol. The zero-order valence-corrected chi connectivity index (χ0v) is 8.50. The Hall–Kier alpha value is 0.340. The van der Waals surface area contributed by atoms with Crippen LogP contribution in [0.25, 0.3) is 0 Å². The molecule has 66 valence electrons. The Kier molecular flexibility index (Phi) is 4.52. The van der Waals surface area contributed by atoms with Gasteiger partial charge in [-0.2, -0.15) is 0 Å². The van der Waals surface area contributed by atoms with E-state index in [2.05, 4.69) is 0 Å². The van der Waals surface area contributed by atoms with E-state index in [0.29, 0.717) is 6.42 Å². The van der Waals surface area contributed by atoms with Crippen LogP contribution in [0.3, 0.4) is 0 Å². The summed E-state index contributed by atoms with van der Waals surface area (Å²) in [5, 5.41) is 0. The van der Waals surface area contributed by atoms with Crippen molar-refractivity contribution >= 4 is 40.8 Å². The van der Waals surface area contributed by atoms with Gasteiger partial charge in [0.05, 0.1) is 6.10 Å². The van der Waals surface area contributed by atoms with E-state index in [-0.39, 0.29) is 6.10 Å². The van der Waals surface area contributed by atoms with Crippen LogP contribution in [0.15, 0.2) is 0 Å². The van der Waals surface area contributed by atoms with Crippen LogP contribution in [-0.2, 0) is 9.53 Å². The molecule has 0 unspecified atom stereocenters. The number of halogens is 3. The summed E-state index contributed by atoms with van der Waals surface area (Å²) in [5.74, 6) is -0.822. The highest BCUT2D eigenvalue weighted by molar-refractivity contribution is 6.75. The molecule has 11 heavy (non-hydrogen) atoms. The standard InChI is InChI=1S/C6H9Cl3O2/c1-3-4(2)11-5(10)6(7,8)9/h4H,3H2,1-2H3/t4-/m1/s1. The molecule has 0 aromatic rings. The molecule has 0 aliphatic heterocycles. The van der Waals surface area contributed by atoms with E-state index in [1.54, 1.807) is 6.92 Å². The van der Waals surface area contributed by atoms with E-state index in [1.165, 1.54) is 0 Å². The van der Waals surface area contributed by atoms with Crippen molar-refractivity contribution in [3.8, 4) is 0 Å². The zero-order chi connectivity index (χ0) is 9.07. The third kappa shape index (κ3) is 4.72. The zero-order valence-electron chi connectivity index (χ0n) is 6.23. The van der Waals surface area contributed by atoms with Crippen LogP contribution in [0.5, 0.6) is 0 Å². The van der Waals surface area contributed by atoms with E-state index < -0.39 is 9.76 Å². The van der Waals surface area contributed by atoms with Crippen molar-refractivity contribution in [2.45, 2.75) is 30.2 Å². The van der Waals surface area contributed by atoms with Crippen LogP contribution in [0.1, 0.15) is 20.3 Å². The number of carbonyl (C=O) groups is 1. The molecule has 0 aromatic heterocycles. The molecule has 0 fully saturated rings. The molecule has 1 atom stereocenters. The van der Waals surface area contributed by atoms with Gasteiger partial charge in [0, 0.05) is 0 Å². The first kappa shape index (κ1) is 11.3. The Balaban J connectivity index is 3.88. The molecule has 0 radical (unpaired) electrons. The lowest BCUT2D eigenvalue weighted by Crippen LogP contribution is -2.25. The summed E-state index contributed by atoms with van der Waals surface area (Å²) in [4.78, 5) is 10.8. The van der Waals surface area contributed by atoms with Gasteiger partial charge in [0.15, 0.2) is 0 Å². The lowest BCUT2D eigenvalue weighted by atomic mass is 10.3. The summed E-state index contributed by atoms with van der Waals surface area (Å²) in [5.41, 5.74) is 0. The number of ether oxygens (including phenoxy) is 1. The minimum absolute atomic E-state index is 0.210. The summed E-state index contributed by atoms with van der Waals surface area (Å²) in [7, 11) is 0. The first-order valence-corrected chi connectivity index (χ1v) is 4.29. The van der Waals surface area contributed by atoms with Crippen LogP contribution in [0, 0.1) is 0 Å². The number of carbonyl (C=O) groups excluding carboxylic acids is 1. The maximum absolute atomic E-state index is 10.8. The highest BCUT2D eigenvalue weighted by atomic mass is 35.6. The second kappa shape index (κ2) is 4.39. The van der Waals surface area contributed by atoms with Crippen molar-refractivity contribution in [3.63, 3.8) is 0 Å². The average Bonchev–Trinajstić information content (AvgIpc) is 1.85. The van der Waals surface area contributed by atoms with Crippen molar-refractivity contribution in [2.75, 3.05) is 0 Å². The molecule has 0 N–H and O–H groups in total. The normalized spacial score (nSPS) is 14.3. The van der Waals surface area contributed by atoms with E-state index in [9.17, 15) is 4.79 Å².